The third kappa shape index (κ3) is 7.10. The van der Waals surface area contributed by atoms with Crippen LogP contribution in [0.2, 0.25) is 10.2 Å². The van der Waals surface area contributed by atoms with E-state index in [1.807, 2.05) is 32.9 Å². The summed E-state index contributed by atoms with van der Waals surface area (Å²) in [5.74, 6) is -0.379. The van der Waals surface area contributed by atoms with E-state index in [9.17, 15) is 14.7 Å². The quantitative estimate of drug-likeness (QED) is 0.263. The maximum Gasteiger partial charge on any atom is 0.410 e. The second-order valence-electron chi connectivity index (χ2n) is 10.6. The van der Waals surface area contributed by atoms with Gasteiger partial charge in [0.05, 0.1) is 30.3 Å². The Morgan fingerprint density at radius 2 is 1.77 bits per heavy atom. The number of nitrogens with zero attached hydrogens (tertiary/aromatic N) is 2. The molecule has 0 aliphatic heterocycles. The number of amides is 1. The van der Waals surface area contributed by atoms with Gasteiger partial charge in [0, 0.05) is 17.8 Å². The molecule has 2 atom stereocenters. The summed E-state index contributed by atoms with van der Waals surface area (Å²) in [5.41, 5.74) is 4.59. The van der Waals surface area contributed by atoms with Crippen molar-refractivity contribution in [1.29, 1.82) is 0 Å². The average Bonchev–Trinajstić information content (AvgIpc) is 2.91. The number of benzene rings is 2. The lowest BCUT2D eigenvalue weighted by Gasteiger charge is -2.37. The molecule has 0 bridgehead atoms. The highest BCUT2D eigenvalue weighted by Gasteiger charge is 2.33. The number of carbonyl (C=O) groups is 2. The molecule has 0 saturated heterocycles. The second kappa shape index (κ2) is 11.9. The van der Waals surface area contributed by atoms with Crippen molar-refractivity contribution in [3.05, 3.63) is 87.2 Å². The lowest BCUT2D eigenvalue weighted by Crippen LogP contribution is -2.47. The molecule has 3 aromatic rings. The van der Waals surface area contributed by atoms with Crippen LogP contribution in [0.1, 0.15) is 60.3 Å². The number of hydrogen-bond acceptors (Lipinski definition) is 6. The summed E-state index contributed by atoms with van der Waals surface area (Å²) in [6.45, 7) is 5.46. The van der Waals surface area contributed by atoms with Gasteiger partial charge in [0.25, 0.3) is 0 Å². The summed E-state index contributed by atoms with van der Waals surface area (Å²) in [4.78, 5) is 30.8. The van der Waals surface area contributed by atoms with E-state index >= 15 is 0 Å². The van der Waals surface area contributed by atoms with Gasteiger partial charge in [-0.3, -0.25) is 0 Å². The standard InChI is InChI=1S/C30H32Cl2N2O5/c1-30(2,3)39-29(37)34(17-26(35)23-15-25(31)27(32)33-16-23)24-12-11-19-7-10-21(13-22(19)14-24)18-5-8-20(9-6-18)28(36)38-4/h5-10,13,15-16,24,26,35H,11-12,14,17H2,1-4H3/t24-,26-/m0/s1. The van der Waals surface area contributed by atoms with Crippen LogP contribution in [0.15, 0.2) is 54.7 Å². The number of ether oxygens (including phenoxy) is 2. The molecule has 7 nitrogen and oxygen atoms in total. The van der Waals surface area contributed by atoms with Crippen molar-refractivity contribution in [3.63, 3.8) is 0 Å². The first-order valence-electron chi connectivity index (χ1n) is 12.7. The van der Waals surface area contributed by atoms with Crippen molar-refractivity contribution >= 4 is 35.3 Å². The Bertz CT molecular complexity index is 1350. The highest BCUT2D eigenvalue weighted by atomic mass is 35.5. The van der Waals surface area contributed by atoms with Crippen molar-refractivity contribution in [1.82, 2.24) is 9.88 Å². The molecule has 0 saturated carbocycles. The van der Waals surface area contributed by atoms with Crippen LogP contribution in [0.4, 0.5) is 4.79 Å². The predicted octanol–water partition coefficient (Wildman–Crippen LogP) is 6.67. The van der Waals surface area contributed by atoms with Crippen molar-refractivity contribution in [2.75, 3.05) is 13.7 Å². The fourth-order valence-electron chi connectivity index (χ4n) is 4.70. The van der Waals surface area contributed by atoms with Crippen LogP contribution in [-0.4, -0.2) is 52.4 Å². The molecular weight excluding hydrogens is 539 g/mol. The first kappa shape index (κ1) is 28.9. The lowest BCUT2D eigenvalue weighted by molar-refractivity contribution is 0.00191. The zero-order valence-electron chi connectivity index (χ0n) is 22.4. The van der Waals surface area contributed by atoms with Crippen LogP contribution >= 0.6 is 23.2 Å². The van der Waals surface area contributed by atoms with Crippen molar-refractivity contribution < 1.29 is 24.2 Å². The van der Waals surface area contributed by atoms with Gasteiger partial charge in [0.2, 0.25) is 0 Å². The first-order valence-corrected chi connectivity index (χ1v) is 13.5. The van der Waals surface area contributed by atoms with Gasteiger partial charge < -0.3 is 19.5 Å². The topological polar surface area (TPSA) is 89.0 Å². The summed E-state index contributed by atoms with van der Waals surface area (Å²) in [5, 5.41) is 11.4. The highest BCUT2D eigenvalue weighted by Crippen LogP contribution is 2.32. The number of methoxy groups -OCH3 is 1. The number of hydrogen-bond donors (Lipinski definition) is 1. The number of esters is 1. The van der Waals surface area contributed by atoms with Gasteiger partial charge in [-0.05, 0) is 80.5 Å². The minimum atomic E-state index is -1.03. The van der Waals surface area contributed by atoms with Gasteiger partial charge in [-0.2, -0.15) is 0 Å². The number of aliphatic hydroxyl groups excluding tert-OH is 1. The van der Waals surface area contributed by atoms with E-state index < -0.39 is 17.8 Å². The Balaban J connectivity index is 1.59. The molecule has 9 heteroatoms. The summed E-state index contributed by atoms with van der Waals surface area (Å²) < 4.78 is 10.5. The molecular formula is C30H32Cl2N2O5. The Kier molecular flexibility index (Phi) is 8.84. The monoisotopic (exact) mass is 570 g/mol. The van der Waals surface area contributed by atoms with Crippen LogP contribution in [0.25, 0.3) is 11.1 Å². The number of rotatable bonds is 6. The molecule has 0 unspecified atom stereocenters. The van der Waals surface area contributed by atoms with Crippen LogP contribution in [-0.2, 0) is 22.3 Å². The molecule has 0 fully saturated rings. The smallest absolute Gasteiger partial charge is 0.410 e. The van der Waals surface area contributed by atoms with Gasteiger partial charge in [-0.15, -0.1) is 0 Å². The van der Waals surface area contributed by atoms with Crippen LogP contribution in [0, 0.1) is 0 Å². The molecule has 1 heterocycles. The number of halogens is 2. The molecule has 1 amide bonds. The maximum absolute atomic E-state index is 13.4. The molecule has 39 heavy (non-hydrogen) atoms. The maximum atomic E-state index is 13.4. The molecule has 206 valence electrons. The Morgan fingerprint density at radius 3 is 2.41 bits per heavy atom. The van der Waals surface area contributed by atoms with Gasteiger partial charge in [-0.1, -0.05) is 53.5 Å². The predicted molar refractivity (Wildman–Crippen MR) is 151 cm³/mol. The Hall–Kier alpha value is -3.13. The van der Waals surface area contributed by atoms with E-state index in [4.69, 9.17) is 32.7 Å². The summed E-state index contributed by atoms with van der Waals surface area (Å²) >= 11 is 12.1. The molecule has 1 aliphatic carbocycles. The van der Waals surface area contributed by atoms with E-state index in [1.54, 1.807) is 23.1 Å². The summed E-state index contributed by atoms with van der Waals surface area (Å²) in [7, 11) is 1.36. The fourth-order valence-corrected chi connectivity index (χ4v) is 4.98. The SMILES string of the molecule is COC(=O)c1ccc(-c2ccc3c(c2)C[C@@H](N(C[C@H](O)c2cnc(Cl)c(Cl)c2)C(=O)OC(C)(C)C)CC3)cc1. The highest BCUT2D eigenvalue weighted by molar-refractivity contribution is 6.41. The van der Waals surface area contributed by atoms with Crippen LogP contribution in [0.5, 0.6) is 0 Å². The molecule has 1 aromatic heterocycles. The second-order valence-corrected chi connectivity index (χ2v) is 11.4. The number of aryl methyl sites for hydroxylation is 1. The first-order chi connectivity index (χ1) is 18.4. The third-order valence-corrected chi connectivity index (χ3v) is 7.37. The van der Waals surface area contributed by atoms with Gasteiger partial charge in [0.1, 0.15) is 10.8 Å². The number of pyridine rings is 1. The molecule has 2 aromatic carbocycles. The van der Waals surface area contributed by atoms with Gasteiger partial charge >= 0.3 is 12.1 Å². The Labute approximate surface area is 238 Å². The lowest BCUT2D eigenvalue weighted by atomic mass is 9.85. The van der Waals surface area contributed by atoms with E-state index in [0.29, 0.717) is 17.5 Å². The van der Waals surface area contributed by atoms with Crippen LogP contribution < -0.4 is 0 Å². The minimum absolute atomic E-state index is 0.0171. The zero-order valence-corrected chi connectivity index (χ0v) is 23.9. The van der Waals surface area contributed by atoms with Crippen molar-refractivity contribution in [2.24, 2.45) is 0 Å². The number of carbonyl (C=O) groups excluding carboxylic acids is 2. The van der Waals surface area contributed by atoms with Gasteiger partial charge in [-0.25, -0.2) is 14.6 Å². The van der Waals surface area contributed by atoms with E-state index in [0.717, 1.165) is 29.5 Å². The van der Waals surface area contributed by atoms with E-state index in [1.165, 1.54) is 18.9 Å². The molecule has 1 N–H and O–H groups in total. The van der Waals surface area contributed by atoms with Crippen molar-refractivity contribution in [3.8, 4) is 11.1 Å². The van der Waals surface area contributed by atoms with Crippen molar-refractivity contribution in [2.45, 2.75) is 57.8 Å². The van der Waals surface area contributed by atoms with Gasteiger partial charge in [0.15, 0.2) is 0 Å². The van der Waals surface area contributed by atoms with E-state index in [-0.39, 0.29) is 28.7 Å². The summed E-state index contributed by atoms with van der Waals surface area (Å²) in [6, 6.07) is 15.0. The fraction of sp³-hybridized carbons (Fsp3) is 0.367. The molecule has 0 spiro atoms. The number of aromatic nitrogens is 1. The normalized spacial score (nSPS) is 15.7. The Morgan fingerprint density at radius 1 is 1.08 bits per heavy atom. The van der Waals surface area contributed by atoms with Crippen LogP contribution in [0.3, 0.4) is 0 Å². The minimum Gasteiger partial charge on any atom is -0.465 e. The molecule has 1 aliphatic rings. The zero-order chi connectivity index (χ0) is 28.3. The molecule has 0 radical (unpaired) electrons. The summed E-state index contributed by atoms with van der Waals surface area (Å²) in [6.07, 6.45) is 2.06. The molecule has 4 rings (SSSR count). The third-order valence-electron chi connectivity index (χ3n) is 6.69. The largest absolute Gasteiger partial charge is 0.465 e. The number of fused-ring (bicyclic) bond motifs is 1. The van der Waals surface area contributed by atoms with E-state index in [2.05, 4.69) is 23.2 Å². The average molecular weight is 572 g/mol. The number of aliphatic hydroxyl groups is 1.